The third-order valence-electron chi connectivity index (χ3n) is 3.97. The van der Waals surface area contributed by atoms with E-state index < -0.39 is 11.9 Å². The van der Waals surface area contributed by atoms with Gasteiger partial charge in [-0.25, -0.2) is 0 Å². The maximum Gasteiger partial charge on any atom is 0.305 e. The van der Waals surface area contributed by atoms with Gasteiger partial charge < -0.3 is 14.9 Å². The quantitative estimate of drug-likeness (QED) is 0.857. The summed E-state index contributed by atoms with van der Waals surface area (Å²) in [6.45, 7) is 0.127. The number of carbonyl (C=O) groups is 3. The maximum atomic E-state index is 12.6. The molecule has 1 saturated heterocycles. The number of rotatable bonds is 5. The number of pyridine rings is 1. The Kier molecular flexibility index (Phi) is 4.75. The van der Waals surface area contributed by atoms with Crippen molar-refractivity contribution in [3.05, 3.63) is 30.1 Å². The molecule has 1 fully saturated rings. The highest BCUT2D eigenvalue weighted by Gasteiger charge is 2.43. The zero-order chi connectivity index (χ0) is 16.3. The van der Waals surface area contributed by atoms with Crippen LogP contribution in [0.25, 0.3) is 0 Å². The van der Waals surface area contributed by atoms with E-state index >= 15 is 0 Å². The molecule has 2 atom stereocenters. The molecule has 1 aliphatic heterocycles. The second kappa shape index (κ2) is 6.55. The fourth-order valence-corrected chi connectivity index (χ4v) is 2.75. The van der Waals surface area contributed by atoms with Gasteiger partial charge in [0, 0.05) is 39.5 Å². The molecule has 0 aliphatic carbocycles. The SMILES string of the molecule is CN(CCC(=O)O)C(=O)C1CC(=O)N(C)C1c1cccnc1. The van der Waals surface area contributed by atoms with Gasteiger partial charge in [-0.15, -0.1) is 0 Å². The van der Waals surface area contributed by atoms with E-state index in [0.717, 1.165) is 5.56 Å². The van der Waals surface area contributed by atoms with Gasteiger partial charge >= 0.3 is 5.97 Å². The summed E-state index contributed by atoms with van der Waals surface area (Å²) in [6, 6.07) is 3.24. The molecule has 2 rings (SSSR count). The molecule has 7 nitrogen and oxygen atoms in total. The Bertz CT molecular complexity index is 575. The molecular weight excluding hydrogens is 286 g/mol. The van der Waals surface area contributed by atoms with E-state index in [1.807, 2.05) is 6.07 Å². The molecule has 1 N–H and O–H groups in total. The van der Waals surface area contributed by atoms with Gasteiger partial charge in [-0.2, -0.15) is 0 Å². The van der Waals surface area contributed by atoms with E-state index in [4.69, 9.17) is 5.11 Å². The van der Waals surface area contributed by atoms with Gasteiger partial charge in [0.1, 0.15) is 0 Å². The molecule has 0 bridgehead atoms. The fourth-order valence-electron chi connectivity index (χ4n) is 2.75. The topological polar surface area (TPSA) is 90.8 Å². The molecule has 22 heavy (non-hydrogen) atoms. The van der Waals surface area contributed by atoms with Crippen molar-refractivity contribution in [2.24, 2.45) is 5.92 Å². The van der Waals surface area contributed by atoms with E-state index in [0.29, 0.717) is 0 Å². The minimum absolute atomic E-state index is 0.0983. The Morgan fingerprint density at radius 2 is 2.23 bits per heavy atom. The number of aromatic nitrogens is 1. The molecule has 1 aliphatic rings. The first kappa shape index (κ1) is 15.9. The lowest BCUT2D eigenvalue weighted by Crippen LogP contribution is -2.37. The van der Waals surface area contributed by atoms with Crippen molar-refractivity contribution in [1.82, 2.24) is 14.8 Å². The summed E-state index contributed by atoms with van der Waals surface area (Å²) in [6.07, 6.45) is 3.30. The molecule has 0 saturated carbocycles. The first-order valence-electron chi connectivity index (χ1n) is 7.04. The van der Waals surface area contributed by atoms with Crippen LogP contribution in [0.1, 0.15) is 24.4 Å². The van der Waals surface area contributed by atoms with Gasteiger partial charge in [0.25, 0.3) is 0 Å². The second-order valence-corrected chi connectivity index (χ2v) is 5.45. The van der Waals surface area contributed by atoms with Crippen LogP contribution in [0.2, 0.25) is 0 Å². The number of carboxylic acids is 1. The molecule has 2 amide bonds. The van der Waals surface area contributed by atoms with E-state index in [1.54, 1.807) is 37.5 Å². The zero-order valence-electron chi connectivity index (χ0n) is 12.6. The molecule has 118 valence electrons. The normalized spacial score (nSPS) is 21.0. The van der Waals surface area contributed by atoms with Crippen molar-refractivity contribution in [3.8, 4) is 0 Å². The van der Waals surface area contributed by atoms with Crippen LogP contribution in [0.15, 0.2) is 24.5 Å². The Morgan fingerprint density at radius 3 is 2.82 bits per heavy atom. The van der Waals surface area contributed by atoms with Crippen molar-refractivity contribution in [1.29, 1.82) is 0 Å². The largest absolute Gasteiger partial charge is 0.481 e. The lowest BCUT2D eigenvalue weighted by atomic mass is 9.93. The van der Waals surface area contributed by atoms with Crippen LogP contribution in [0.4, 0.5) is 0 Å². The van der Waals surface area contributed by atoms with Gasteiger partial charge in [0.05, 0.1) is 18.4 Å². The first-order chi connectivity index (χ1) is 10.4. The van der Waals surface area contributed by atoms with Crippen molar-refractivity contribution in [3.63, 3.8) is 0 Å². The third-order valence-corrected chi connectivity index (χ3v) is 3.97. The van der Waals surface area contributed by atoms with Crippen LogP contribution in [0.3, 0.4) is 0 Å². The molecule has 1 aromatic rings. The van der Waals surface area contributed by atoms with Gasteiger partial charge in [-0.05, 0) is 11.6 Å². The average molecular weight is 305 g/mol. The van der Waals surface area contributed by atoms with Gasteiger partial charge in [0.2, 0.25) is 11.8 Å². The van der Waals surface area contributed by atoms with E-state index in [1.165, 1.54) is 4.90 Å². The Hall–Kier alpha value is -2.44. The molecule has 0 spiro atoms. The number of nitrogens with zero attached hydrogens (tertiary/aromatic N) is 3. The second-order valence-electron chi connectivity index (χ2n) is 5.45. The molecule has 1 aromatic heterocycles. The number of amides is 2. The Balaban J connectivity index is 2.18. The summed E-state index contributed by atoms with van der Waals surface area (Å²) in [4.78, 5) is 42.2. The number of hydrogen-bond donors (Lipinski definition) is 1. The molecule has 0 radical (unpaired) electrons. The summed E-state index contributed by atoms with van der Waals surface area (Å²) in [5.41, 5.74) is 0.806. The molecular formula is C15H19N3O4. The number of aliphatic carboxylic acids is 1. The Morgan fingerprint density at radius 1 is 1.50 bits per heavy atom. The zero-order valence-corrected chi connectivity index (χ0v) is 12.6. The van der Waals surface area contributed by atoms with Crippen molar-refractivity contribution in [2.45, 2.75) is 18.9 Å². The highest BCUT2D eigenvalue weighted by Crippen LogP contribution is 2.37. The van der Waals surface area contributed by atoms with Crippen LogP contribution < -0.4 is 0 Å². The minimum Gasteiger partial charge on any atom is -0.481 e. The minimum atomic E-state index is -0.955. The standard InChI is InChI=1S/C15H19N3O4/c1-17(7-5-13(20)21)15(22)11-8-12(19)18(2)14(11)10-4-3-6-16-9-10/h3-4,6,9,11,14H,5,7-8H2,1-2H3,(H,20,21). The lowest BCUT2D eigenvalue weighted by Gasteiger charge is -2.27. The number of likely N-dealkylation sites (tertiary alicyclic amines) is 1. The van der Waals surface area contributed by atoms with Crippen molar-refractivity contribution >= 4 is 17.8 Å². The highest BCUT2D eigenvalue weighted by atomic mass is 16.4. The van der Waals surface area contributed by atoms with Gasteiger partial charge in [-0.1, -0.05) is 6.07 Å². The molecule has 7 heteroatoms. The summed E-state index contributed by atoms with van der Waals surface area (Å²) in [7, 11) is 3.24. The fraction of sp³-hybridized carbons (Fsp3) is 0.467. The van der Waals surface area contributed by atoms with Crippen LogP contribution >= 0.6 is 0 Å². The summed E-state index contributed by atoms with van der Waals surface area (Å²) < 4.78 is 0. The van der Waals surface area contributed by atoms with Gasteiger partial charge in [-0.3, -0.25) is 19.4 Å². The number of hydrogen-bond acceptors (Lipinski definition) is 4. The van der Waals surface area contributed by atoms with Crippen LogP contribution in [0.5, 0.6) is 0 Å². The summed E-state index contributed by atoms with van der Waals surface area (Å²) in [5, 5.41) is 8.72. The number of carboxylic acid groups (broad SMARTS) is 1. The summed E-state index contributed by atoms with van der Waals surface area (Å²) >= 11 is 0. The molecule has 2 unspecified atom stereocenters. The lowest BCUT2D eigenvalue weighted by molar-refractivity contribution is -0.139. The van der Waals surface area contributed by atoms with Crippen LogP contribution in [-0.4, -0.2) is 58.3 Å². The van der Waals surface area contributed by atoms with Crippen molar-refractivity contribution in [2.75, 3.05) is 20.6 Å². The highest BCUT2D eigenvalue weighted by molar-refractivity contribution is 5.90. The van der Waals surface area contributed by atoms with E-state index in [2.05, 4.69) is 4.98 Å². The Labute approximate surface area is 128 Å². The van der Waals surface area contributed by atoms with Crippen LogP contribution in [0, 0.1) is 5.92 Å². The monoisotopic (exact) mass is 305 g/mol. The smallest absolute Gasteiger partial charge is 0.305 e. The van der Waals surface area contributed by atoms with E-state index in [-0.39, 0.29) is 37.2 Å². The first-order valence-corrected chi connectivity index (χ1v) is 7.04. The molecule has 0 aromatic carbocycles. The third kappa shape index (κ3) is 3.24. The molecule has 2 heterocycles. The number of carbonyl (C=O) groups excluding carboxylic acids is 2. The maximum absolute atomic E-state index is 12.6. The average Bonchev–Trinajstić information content (AvgIpc) is 2.80. The van der Waals surface area contributed by atoms with E-state index in [9.17, 15) is 14.4 Å². The predicted molar refractivity (Wildman–Crippen MR) is 77.7 cm³/mol. The van der Waals surface area contributed by atoms with Crippen LogP contribution in [-0.2, 0) is 14.4 Å². The van der Waals surface area contributed by atoms with Gasteiger partial charge in [0.15, 0.2) is 0 Å². The summed E-state index contributed by atoms with van der Waals surface area (Å²) in [5.74, 6) is -1.78. The van der Waals surface area contributed by atoms with Crippen molar-refractivity contribution < 1.29 is 19.5 Å². The predicted octanol–water partition coefficient (Wildman–Crippen LogP) is 0.534.